The Bertz CT molecular complexity index is 221. The molecule has 0 radical (unpaired) electrons. The largest absolute Gasteiger partial charge is 0.463 e. The van der Waals surface area contributed by atoms with E-state index in [0.29, 0.717) is 18.9 Å². The van der Waals surface area contributed by atoms with Crippen LogP contribution in [0.1, 0.15) is 44.9 Å². The second kappa shape index (κ2) is 7.74. The third kappa shape index (κ3) is 4.94. The van der Waals surface area contributed by atoms with Gasteiger partial charge in [0.25, 0.3) is 0 Å². The first-order chi connectivity index (χ1) is 8.84. The molecule has 0 amide bonds. The quantitative estimate of drug-likeness (QED) is 0.762. The molecule has 0 aromatic heterocycles. The van der Waals surface area contributed by atoms with Gasteiger partial charge in [-0.2, -0.15) is 0 Å². The van der Waals surface area contributed by atoms with Gasteiger partial charge < -0.3 is 14.8 Å². The van der Waals surface area contributed by atoms with Gasteiger partial charge >= 0.3 is 5.97 Å². The highest BCUT2D eigenvalue weighted by atomic mass is 16.6. The summed E-state index contributed by atoms with van der Waals surface area (Å²) >= 11 is 0. The standard InChI is InChI=1S/C14H25NO3/c16-14(7-6-12-4-3-8-15-10-12)18-11-13-5-1-2-9-17-13/h12-13,15H,1-11H2. The van der Waals surface area contributed by atoms with Crippen LogP contribution in [-0.4, -0.2) is 38.4 Å². The number of ether oxygens (including phenoxy) is 2. The van der Waals surface area contributed by atoms with Crippen LogP contribution in [0.2, 0.25) is 0 Å². The highest BCUT2D eigenvalue weighted by Crippen LogP contribution is 2.17. The van der Waals surface area contributed by atoms with Crippen molar-refractivity contribution < 1.29 is 14.3 Å². The van der Waals surface area contributed by atoms with Gasteiger partial charge in [0, 0.05) is 13.0 Å². The average molecular weight is 255 g/mol. The van der Waals surface area contributed by atoms with Crippen LogP contribution in [-0.2, 0) is 14.3 Å². The fourth-order valence-corrected chi connectivity index (χ4v) is 2.69. The first kappa shape index (κ1) is 13.8. The Labute approximate surface area is 109 Å². The third-order valence-electron chi connectivity index (χ3n) is 3.86. The zero-order valence-corrected chi connectivity index (χ0v) is 11.2. The molecule has 0 bridgehead atoms. The highest BCUT2D eigenvalue weighted by molar-refractivity contribution is 5.69. The van der Waals surface area contributed by atoms with Crippen LogP contribution in [0.25, 0.3) is 0 Å². The maximum atomic E-state index is 11.6. The van der Waals surface area contributed by atoms with Gasteiger partial charge in [0.2, 0.25) is 0 Å². The van der Waals surface area contributed by atoms with E-state index in [1.165, 1.54) is 19.3 Å². The molecule has 1 N–H and O–H groups in total. The first-order valence-corrected chi connectivity index (χ1v) is 7.32. The number of hydrogen-bond acceptors (Lipinski definition) is 4. The molecule has 2 saturated heterocycles. The predicted molar refractivity (Wildman–Crippen MR) is 69.4 cm³/mol. The van der Waals surface area contributed by atoms with Crippen molar-refractivity contribution in [2.24, 2.45) is 5.92 Å². The Morgan fingerprint density at radius 2 is 2.22 bits per heavy atom. The van der Waals surface area contributed by atoms with Crippen LogP contribution in [0.5, 0.6) is 0 Å². The lowest BCUT2D eigenvalue weighted by Gasteiger charge is -2.23. The van der Waals surface area contributed by atoms with E-state index in [-0.39, 0.29) is 12.1 Å². The molecular formula is C14H25NO3. The average Bonchev–Trinajstić information content (AvgIpc) is 2.45. The summed E-state index contributed by atoms with van der Waals surface area (Å²) in [5.74, 6) is 0.590. The Kier molecular flexibility index (Phi) is 5.94. The molecule has 2 aliphatic rings. The molecule has 0 aromatic carbocycles. The lowest BCUT2D eigenvalue weighted by molar-refractivity contribution is -0.149. The van der Waals surface area contributed by atoms with Crippen LogP contribution < -0.4 is 5.32 Å². The molecule has 0 aromatic rings. The zero-order chi connectivity index (χ0) is 12.6. The Morgan fingerprint density at radius 3 is 2.94 bits per heavy atom. The number of piperidine rings is 1. The van der Waals surface area contributed by atoms with Crippen LogP contribution >= 0.6 is 0 Å². The minimum absolute atomic E-state index is 0.0604. The Hall–Kier alpha value is -0.610. The molecule has 4 heteroatoms. The molecule has 18 heavy (non-hydrogen) atoms. The number of hydrogen-bond donors (Lipinski definition) is 1. The van der Waals surface area contributed by atoms with E-state index in [1.807, 2.05) is 0 Å². The van der Waals surface area contributed by atoms with Crippen molar-refractivity contribution in [2.45, 2.75) is 51.0 Å². The van der Waals surface area contributed by atoms with Gasteiger partial charge in [-0.3, -0.25) is 4.79 Å². The molecule has 4 nitrogen and oxygen atoms in total. The third-order valence-corrected chi connectivity index (χ3v) is 3.86. The molecule has 2 fully saturated rings. The van der Waals surface area contributed by atoms with Gasteiger partial charge in [-0.15, -0.1) is 0 Å². The summed E-state index contributed by atoms with van der Waals surface area (Å²) in [6.07, 6.45) is 7.48. The number of nitrogens with one attached hydrogen (secondary N) is 1. The normalized spacial score (nSPS) is 28.9. The van der Waals surface area contributed by atoms with Crippen molar-refractivity contribution in [3.8, 4) is 0 Å². The fourth-order valence-electron chi connectivity index (χ4n) is 2.69. The second-order valence-electron chi connectivity index (χ2n) is 5.42. The molecule has 2 heterocycles. The SMILES string of the molecule is O=C(CCC1CCCNC1)OCC1CCCCO1. The summed E-state index contributed by atoms with van der Waals surface area (Å²) in [4.78, 5) is 11.6. The van der Waals surface area contributed by atoms with Crippen molar-refractivity contribution in [3.05, 3.63) is 0 Å². The van der Waals surface area contributed by atoms with Crippen LogP contribution in [0.3, 0.4) is 0 Å². The lowest BCUT2D eigenvalue weighted by Crippen LogP contribution is -2.30. The van der Waals surface area contributed by atoms with E-state index < -0.39 is 0 Å². The first-order valence-electron chi connectivity index (χ1n) is 7.32. The van der Waals surface area contributed by atoms with Crippen molar-refractivity contribution >= 4 is 5.97 Å². The maximum absolute atomic E-state index is 11.6. The topological polar surface area (TPSA) is 47.6 Å². The summed E-state index contributed by atoms with van der Waals surface area (Å²) in [5, 5.41) is 3.37. The van der Waals surface area contributed by atoms with E-state index in [4.69, 9.17) is 9.47 Å². The molecule has 2 unspecified atom stereocenters. The molecule has 2 aliphatic heterocycles. The highest BCUT2D eigenvalue weighted by Gasteiger charge is 2.18. The van der Waals surface area contributed by atoms with Crippen molar-refractivity contribution in [3.63, 3.8) is 0 Å². The smallest absolute Gasteiger partial charge is 0.305 e. The van der Waals surface area contributed by atoms with Crippen LogP contribution in [0, 0.1) is 5.92 Å². The molecule has 0 saturated carbocycles. The summed E-state index contributed by atoms with van der Waals surface area (Å²) < 4.78 is 10.8. The molecular weight excluding hydrogens is 230 g/mol. The van der Waals surface area contributed by atoms with Gasteiger partial charge in [0.05, 0.1) is 6.10 Å². The number of carbonyl (C=O) groups excluding carboxylic acids is 1. The van der Waals surface area contributed by atoms with E-state index in [9.17, 15) is 4.79 Å². The van der Waals surface area contributed by atoms with Crippen LogP contribution in [0.15, 0.2) is 0 Å². The zero-order valence-electron chi connectivity index (χ0n) is 11.2. The molecule has 0 spiro atoms. The molecule has 0 aliphatic carbocycles. The van der Waals surface area contributed by atoms with Gasteiger partial charge in [0.1, 0.15) is 6.61 Å². The van der Waals surface area contributed by atoms with Gasteiger partial charge in [-0.25, -0.2) is 0 Å². The summed E-state index contributed by atoms with van der Waals surface area (Å²) in [7, 11) is 0. The van der Waals surface area contributed by atoms with E-state index >= 15 is 0 Å². The van der Waals surface area contributed by atoms with Crippen LogP contribution in [0.4, 0.5) is 0 Å². The van der Waals surface area contributed by atoms with Crippen molar-refractivity contribution in [1.82, 2.24) is 5.32 Å². The van der Waals surface area contributed by atoms with Crippen molar-refractivity contribution in [2.75, 3.05) is 26.3 Å². The summed E-state index contributed by atoms with van der Waals surface area (Å²) in [6, 6.07) is 0. The number of rotatable bonds is 5. The van der Waals surface area contributed by atoms with Crippen molar-refractivity contribution in [1.29, 1.82) is 0 Å². The summed E-state index contributed by atoms with van der Waals surface area (Å²) in [6.45, 7) is 3.44. The number of carbonyl (C=O) groups is 1. The fraction of sp³-hybridized carbons (Fsp3) is 0.929. The summed E-state index contributed by atoms with van der Waals surface area (Å²) in [5.41, 5.74) is 0. The molecule has 104 valence electrons. The predicted octanol–water partition coefficient (Wildman–Crippen LogP) is 1.88. The monoisotopic (exact) mass is 255 g/mol. The Morgan fingerprint density at radius 1 is 1.28 bits per heavy atom. The lowest BCUT2D eigenvalue weighted by atomic mass is 9.95. The second-order valence-corrected chi connectivity index (χ2v) is 5.42. The van der Waals surface area contributed by atoms with E-state index in [1.54, 1.807) is 0 Å². The minimum Gasteiger partial charge on any atom is -0.463 e. The molecule has 2 rings (SSSR count). The number of esters is 1. The van der Waals surface area contributed by atoms with Gasteiger partial charge in [-0.05, 0) is 57.5 Å². The van der Waals surface area contributed by atoms with E-state index in [0.717, 1.165) is 39.0 Å². The molecule has 2 atom stereocenters. The van der Waals surface area contributed by atoms with Gasteiger partial charge in [0.15, 0.2) is 0 Å². The van der Waals surface area contributed by atoms with E-state index in [2.05, 4.69) is 5.32 Å². The van der Waals surface area contributed by atoms with Gasteiger partial charge in [-0.1, -0.05) is 0 Å². The maximum Gasteiger partial charge on any atom is 0.305 e. The minimum atomic E-state index is -0.0604. The Balaban J connectivity index is 1.54.